The number of hydrogen-bond acceptors (Lipinski definition) is 1. The van der Waals surface area contributed by atoms with Gasteiger partial charge in [-0.05, 0) is 34.7 Å². The number of halogens is 1. The lowest BCUT2D eigenvalue weighted by molar-refractivity contribution is 0.961. The van der Waals surface area contributed by atoms with E-state index in [4.69, 9.17) is 0 Å². The third kappa shape index (κ3) is 0.811. The summed E-state index contributed by atoms with van der Waals surface area (Å²) in [6.45, 7) is 0. The Morgan fingerprint density at radius 1 is 1.40 bits per heavy atom. The van der Waals surface area contributed by atoms with E-state index in [0.717, 1.165) is 0 Å². The van der Waals surface area contributed by atoms with Gasteiger partial charge < -0.3 is 0 Å². The van der Waals surface area contributed by atoms with Gasteiger partial charge in [-0.1, -0.05) is 6.07 Å². The Bertz CT molecular complexity index is 353. The van der Waals surface area contributed by atoms with Gasteiger partial charge in [-0.25, -0.2) is 4.52 Å². The number of rotatable bonds is 0. The maximum atomic E-state index is 4.13. The molecule has 0 aliphatic carbocycles. The topological polar surface area (TPSA) is 17.3 Å². The standard InChI is InChI=1S/C7H5IN2/c8-6-5-9-10-4-2-1-3-7(6)10/h1-5H. The van der Waals surface area contributed by atoms with Crippen molar-refractivity contribution in [3.05, 3.63) is 34.2 Å². The van der Waals surface area contributed by atoms with Gasteiger partial charge in [-0.3, -0.25) is 0 Å². The van der Waals surface area contributed by atoms with Gasteiger partial charge in [0.15, 0.2) is 0 Å². The van der Waals surface area contributed by atoms with Crippen LogP contribution in [0.5, 0.6) is 0 Å². The number of hydrogen-bond donors (Lipinski definition) is 0. The monoisotopic (exact) mass is 244 g/mol. The first-order chi connectivity index (χ1) is 4.88. The average molecular weight is 244 g/mol. The zero-order chi connectivity index (χ0) is 6.97. The maximum absolute atomic E-state index is 4.13. The summed E-state index contributed by atoms with van der Waals surface area (Å²) in [5.41, 5.74) is 1.17. The molecule has 0 spiro atoms. The summed E-state index contributed by atoms with van der Waals surface area (Å²) in [7, 11) is 0. The normalized spacial score (nSPS) is 10.5. The fourth-order valence-corrected chi connectivity index (χ4v) is 1.45. The zero-order valence-corrected chi connectivity index (χ0v) is 7.32. The molecule has 0 bridgehead atoms. The summed E-state index contributed by atoms with van der Waals surface area (Å²) in [5.74, 6) is 0. The summed E-state index contributed by atoms with van der Waals surface area (Å²) in [6.07, 6.45) is 3.80. The summed E-state index contributed by atoms with van der Waals surface area (Å²) in [6, 6.07) is 6.03. The van der Waals surface area contributed by atoms with Crippen molar-refractivity contribution < 1.29 is 0 Å². The molecule has 0 aromatic carbocycles. The molecule has 3 heteroatoms. The average Bonchev–Trinajstić information content (AvgIpc) is 2.34. The minimum atomic E-state index is 1.17. The lowest BCUT2D eigenvalue weighted by atomic mass is 10.4. The molecular weight excluding hydrogens is 239 g/mol. The third-order valence-electron chi connectivity index (χ3n) is 1.38. The zero-order valence-electron chi connectivity index (χ0n) is 5.16. The molecule has 0 amide bonds. The van der Waals surface area contributed by atoms with Crippen LogP contribution in [0.15, 0.2) is 30.6 Å². The van der Waals surface area contributed by atoms with Crippen LogP contribution in [0, 0.1) is 3.57 Å². The predicted molar refractivity (Wildman–Crippen MR) is 47.9 cm³/mol. The van der Waals surface area contributed by atoms with E-state index >= 15 is 0 Å². The van der Waals surface area contributed by atoms with Gasteiger partial charge in [-0.15, -0.1) is 0 Å². The van der Waals surface area contributed by atoms with Crippen LogP contribution in [-0.2, 0) is 0 Å². The van der Waals surface area contributed by atoms with Crippen LogP contribution in [-0.4, -0.2) is 9.61 Å². The lowest BCUT2D eigenvalue weighted by Gasteiger charge is -1.88. The Hall–Kier alpha value is -0.580. The molecule has 0 fully saturated rings. The molecule has 2 nitrogen and oxygen atoms in total. The van der Waals surface area contributed by atoms with Crippen molar-refractivity contribution in [2.75, 3.05) is 0 Å². The second-order valence-electron chi connectivity index (χ2n) is 2.02. The number of fused-ring (bicyclic) bond motifs is 1. The van der Waals surface area contributed by atoms with Gasteiger partial charge in [0.05, 0.1) is 15.3 Å². The van der Waals surface area contributed by atoms with E-state index < -0.39 is 0 Å². The van der Waals surface area contributed by atoms with E-state index in [2.05, 4.69) is 33.8 Å². The Kier molecular flexibility index (Phi) is 1.37. The van der Waals surface area contributed by atoms with E-state index in [1.54, 1.807) is 0 Å². The highest BCUT2D eigenvalue weighted by molar-refractivity contribution is 14.1. The van der Waals surface area contributed by atoms with Crippen LogP contribution in [0.25, 0.3) is 5.52 Å². The first kappa shape index (κ1) is 6.15. The van der Waals surface area contributed by atoms with Crippen LogP contribution in [0.1, 0.15) is 0 Å². The van der Waals surface area contributed by atoms with E-state index in [9.17, 15) is 0 Å². The number of nitrogens with zero attached hydrogens (tertiary/aromatic N) is 2. The second-order valence-corrected chi connectivity index (χ2v) is 3.19. The highest BCUT2D eigenvalue weighted by atomic mass is 127. The predicted octanol–water partition coefficient (Wildman–Crippen LogP) is 1.94. The molecule has 0 N–H and O–H groups in total. The summed E-state index contributed by atoms with van der Waals surface area (Å²) in [4.78, 5) is 0. The fourth-order valence-electron chi connectivity index (χ4n) is 0.903. The SMILES string of the molecule is Ic1cnn2ccccc12. The molecule has 50 valence electrons. The molecule has 0 atom stereocenters. The van der Waals surface area contributed by atoms with Crippen molar-refractivity contribution in [3.8, 4) is 0 Å². The quantitative estimate of drug-likeness (QED) is 0.647. The van der Waals surface area contributed by atoms with Crippen molar-refractivity contribution >= 4 is 28.1 Å². The maximum Gasteiger partial charge on any atom is 0.0795 e. The Morgan fingerprint density at radius 2 is 2.30 bits per heavy atom. The largest absolute Gasteiger partial charge is 0.240 e. The highest BCUT2D eigenvalue weighted by Gasteiger charge is 1.95. The Morgan fingerprint density at radius 3 is 3.10 bits per heavy atom. The summed E-state index contributed by atoms with van der Waals surface area (Å²) in [5, 5.41) is 4.13. The first-order valence-electron chi connectivity index (χ1n) is 2.96. The molecule has 2 heterocycles. The fraction of sp³-hybridized carbons (Fsp3) is 0. The van der Waals surface area contributed by atoms with Crippen LogP contribution in [0.3, 0.4) is 0 Å². The van der Waals surface area contributed by atoms with Crippen molar-refractivity contribution in [3.63, 3.8) is 0 Å². The van der Waals surface area contributed by atoms with Gasteiger partial charge in [0.25, 0.3) is 0 Å². The van der Waals surface area contributed by atoms with Crippen LogP contribution in [0.4, 0.5) is 0 Å². The van der Waals surface area contributed by atoms with Gasteiger partial charge in [0, 0.05) is 6.20 Å². The molecule has 2 aromatic rings. The molecule has 0 aliphatic heterocycles. The summed E-state index contributed by atoms with van der Waals surface area (Å²) >= 11 is 2.27. The van der Waals surface area contributed by atoms with E-state index in [1.165, 1.54) is 9.09 Å². The summed E-state index contributed by atoms with van der Waals surface area (Å²) < 4.78 is 3.06. The molecule has 0 radical (unpaired) electrons. The molecule has 0 saturated heterocycles. The van der Waals surface area contributed by atoms with Gasteiger partial charge in [-0.2, -0.15) is 5.10 Å². The van der Waals surface area contributed by atoms with Gasteiger partial charge in [0.1, 0.15) is 0 Å². The van der Waals surface area contributed by atoms with E-state index in [-0.39, 0.29) is 0 Å². The second kappa shape index (κ2) is 2.23. The van der Waals surface area contributed by atoms with E-state index in [0.29, 0.717) is 0 Å². The van der Waals surface area contributed by atoms with Crippen molar-refractivity contribution in [2.45, 2.75) is 0 Å². The Balaban J connectivity index is 2.93. The highest BCUT2D eigenvalue weighted by Crippen LogP contribution is 2.11. The molecule has 0 saturated carbocycles. The van der Waals surface area contributed by atoms with Gasteiger partial charge >= 0.3 is 0 Å². The van der Waals surface area contributed by atoms with Crippen LogP contribution >= 0.6 is 22.6 Å². The molecular formula is C7H5IN2. The lowest BCUT2D eigenvalue weighted by Crippen LogP contribution is -1.82. The van der Waals surface area contributed by atoms with E-state index in [1.807, 2.05) is 29.0 Å². The Labute approximate surface area is 72.0 Å². The minimum absolute atomic E-state index is 1.17. The number of aromatic nitrogens is 2. The smallest absolute Gasteiger partial charge is 0.0795 e. The third-order valence-corrected chi connectivity index (χ3v) is 2.21. The molecule has 0 unspecified atom stereocenters. The molecule has 0 aliphatic rings. The minimum Gasteiger partial charge on any atom is -0.240 e. The van der Waals surface area contributed by atoms with Crippen molar-refractivity contribution in [1.82, 2.24) is 9.61 Å². The van der Waals surface area contributed by atoms with Crippen LogP contribution in [0.2, 0.25) is 0 Å². The molecule has 2 rings (SSSR count). The van der Waals surface area contributed by atoms with Crippen molar-refractivity contribution in [2.24, 2.45) is 0 Å². The first-order valence-corrected chi connectivity index (χ1v) is 4.04. The van der Waals surface area contributed by atoms with Crippen molar-refractivity contribution in [1.29, 1.82) is 0 Å². The molecule has 10 heavy (non-hydrogen) atoms. The van der Waals surface area contributed by atoms with Gasteiger partial charge in [0.2, 0.25) is 0 Å². The van der Waals surface area contributed by atoms with Crippen LogP contribution < -0.4 is 0 Å². The molecule has 2 aromatic heterocycles. The number of pyridine rings is 1.